The highest BCUT2D eigenvalue weighted by Gasteiger charge is 2.12. The van der Waals surface area contributed by atoms with Crippen molar-refractivity contribution in [3.8, 4) is 0 Å². The number of nitrogens with zero attached hydrogens (tertiary/aromatic N) is 2. The summed E-state index contributed by atoms with van der Waals surface area (Å²) >= 11 is 0. The maximum absolute atomic E-state index is 9.19. The third kappa shape index (κ3) is 7.30. The van der Waals surface area contributed by atoms with Crippen molar-refractivity contribution in [1.29, 1.82) is 0 Å². The van der Waals surface area contributed by atoms with Crippen LogP contribution in [0.5, 0.6) is 0 Å². The standard InChI is InChI=1S/C17H18N2.CH4O3S/c1-3-7-16(8-4-1)13-18-11-12-19(15-18)14-17-9-5-2-6-10-17;1-5(2,3)4/h1-12H,13-15H2;1H3,(H,2,3,4). The first kappa shape index (κ1) is 18.0. The van der Waals surface area contributed by atoms with Crippen molar-refractivity contribution >= 4 is 10.1 Å². The van der Waals surface area contributed by atoms with Gasteiger partial charge < -0.3 is 9.80 Å². The second kappa shape index (κ2) is 8.52. The Balaban J connectivity index is 0.000000368. The topological polar surface area (TPSA) is 60.9 Å². The van der Waals surface area contributed by atoms with Crippen molar-refractivity contribution in [2.75, 3.05) is 12.9 Å². The fourth-order valence-corrected chi connectivity index (χ4v) is 2.36. The molecule has 2 aromatic carbocycles. The fraction of sp³-hybridized carbons (Fsp3) is 0.222. The smallest absolute Gasteiger partial charge is 0.261 e. The van der Waals surface area contributed by atoms with Gasteiger partial charge in [0.1, 0.15) is 0 Å². The summed E-state index contributed by atoms with van der Waals surface area (Å²) in [6.07, 6.45) is 5.07. The SMILES string of the molecule is C1=CN(Cc2ccccc2)CN1Cc1ccccc1.CS(=O)(=O)O. The van der Waals surface area contributed by atoms with E-state index in [-0.39, 0.29) is 0 Å². The summed E-state index contributed by atoms with van der Waals surface area (Å²) in [6.45, 7) is 2.91. The van der Waals surface area contributed by atoms with Crippen molar-refractivity contribution in [3.05, 3.63) is 84.2 Å². The van der Waals surface area contributed by atoms with E-state index in [1.165, 1.54) is 11.1 Å². The van der Waals surface area contributed by atoms with Crippen LogP contribution < -0.4 is 0 Å². The van der Waals surface area contributed by atoms with Gasteiger partial charge in [0.15, 0.2) is 0 Å². The van der Waals surface area contributed by atoms with Crippen LogP contribution in [0.1, 0.15) is 11.1 Å². The highest BCUT2D eigenvalue weighted by molar-refractivity contribution is 7.85. The highest BCUT2D eigenvalue weighted by Crippen LogP contribution is 2.14. The summed E-state index contributed by atoms with van der Waals surface area (Å²) in [4.78, 5) is 4.66. The number of rotatable bonds is 4. The second-order valence-corrected chi connectivity index (χ2v) is 7.10. The Kier molecular flexibility index (Phi) is 6.40. The Morgan fingerprint density at radius 1 is 0.833 bits per heavy atom. The van der Waals surface area contributed by atoms with E-state index in [4.69, 9.17) is 4.55 Å². The normalized spacial score (nSPS) is 13.6. The molecule has 2 aromatic rings. The van der Waals surface area contributed by atoms with Crippen LogP contribution in [0.2, 0.25) is 0 Å². The highest BCUT2D eigenvalue weighted by atomic mass is 32.2. The van der Waals surface area contributed by atoms with Gasteiger partial charge in [0.05, 0.1) is 12.9 Å². The van der Waals surface area contributed by atoms with E-state index in [9.17, 15) is 8.42 Å². The van der Waals surface area contributed by atoms with Crippen molar-refractivity contribution in [3.63, 3.8) is 0 Å². The molecule has 0 aliphatic carbocycles. The lowest BCUT2D eigenvalue weighted by atomic mass is 10.2. The number of benzene rings is 2. The van der Waals surface area contributed by atoms with Gasteiger partial charge >= 0.3 is 0 Å². The third-order valence-electron chi connectivity index (χ3n) is 3.31. The minimum Gasteiger partial charge on any atom is -0.354 e. The summed E-state index contributed by atoms with van der Waals surface area (Å²) in [5.41, 5.74) is 2.71. The molecule has 0 saturated heterocycles. The van der Waals surface area contributed by atoms with Crippen LogP contribution >= 0.6 is 0 Å². The Morgan fingerprint density at radius 3 is 1.50 bits per heavy atom. The predicted octanol–water partition coefficient (Wildman–Crippen LogP) is 2.94. The number of hydrogen-bond acceptors (Lipinski definition) is 4. The van der Waals surface area contributed by atoms with E-state index in [1.54, 1.807) is 0 Å². The molecule has 1 aliphatic heterocycles. The molecule has 3 rings (SSSR count). The van der Waals surface area contributed by atoms with E-state index < -0.39 is 10.1 Å². The van der Waals surface area contributed by atoms with Gasteiger partial charge in [-0.05, 0) is 11.1 Å². The lowest BCUT2D eigenvalue weighted by Crippen LogP contribution is -2.24. The first-order valence-corrected chi connectivity index (χ1v) is 9.42. The van der Waals surface area contributed by atoms with Gasteiger partial charge in [-0.25, -0.2) is 0 Å². The maximum atomic E-state index is 9.19. The maximum Gasteiger partial charge on any atom is 0.261 e. The molecule has 0 fully saturated rings. The monoisotopic (exact) mass is 346 g/mol. The molecule has 24 heavy (non-hydrogen) atoms. The molecule has 1 heterocycles. The van der Waals surface area contributed by atoms with Crippen LogP contribution in [0.25, 0.3) is 0 Å². The van der Waals surface area contributed by atoms with Gasteiger partial charge in [0.25, 0.3) is 10.1 Å². The van der Waals surface area contributed by atoms with Crippen LogP contribution in [0.3, 0.4) is 0 Å². The average Bonchev–Trinajstić information content (AvgIpc) is 2.95. The Bertz CT molecular complexity index is 689. The molecule has 0 spiro atoms. The Labute approximate surface area is 143 Å². The average molecular weight is 346 g/mol. The van der Waals surface area contributed by atoms with Crippen LogP contribution in [0, 0.1) is 0 Å². The van der Waals surface area contributed by atoms with E-state index >= 15 is 0 Å². The zero-order valence-electron chi connectivity index (χ0n) is 13.6. The Morgan fingerprint density at radius 2 is 1.17 bits per heavy atom. The molecule has 0 amide bonds. The molecule has 0 bridgehead atoms. The molecule has 5 nitrogen and oxygen atoms in total. The molecule has 0 unspecified atom stereocenters. The summed E-state index contributed by atoms with van der Waals surface area (Å²) in [5, 5.41) is 0. The Hall–Kier alpha value is -2.31. The molecule has 0 saturated carbocycles. The quantitative estimate of drug-likeness (QED) is 0.863. The van der Waals surface area contributed by atoms with E-state index in [0.29, 0.717) is 6.26 Å². The molecule has 6 heteroatoms. The molecule has 128 valence electrons. The molecule has 0 aromatic heterocycles. The van der Waals surface area contributed by atoms with Crippen LogP contribution in [-0.4, -0.2) is 35.7 Å². The van der Waals surface area contributed by atoms with Crippen molar-refractivity contribution in [2.45, 2.75) is 13.1 Å². The van der Waals surface area contributed by atoms with Crippen LogP contribution in [0.4, 0.5) is 0 Å². The van der Waals surface area contributed by atoms with Crippen molar-refractivity contribution < 1.29 is 13.0 Å². The minimum atomic E-state index is -3.67. The molecule has 1 N–H and O–H groups in total. The first-order chi connectivity index (χ1) is 11.4. The molecular weight excluding hydrogens is 324 g/mol. The van der Waals surface area contributed by atoms with Gasteiger partial charge in [-0.2, -0.15) is 8.42 Å². The summed E-state index contributed by atoms with van der Waals surface area (Å²) in [5.74, 6) is 0. The lowest BCUT2D eigenvalue weighted by Gasteiger charge is -2.21. The summed E-state index contributed by atoms with van der Waals surface area (Å²) in [7, 11) is -3.67. The molecular formula is C18H22N2O3S. The predicted molar refractivity (Wildman–Crippen MR) is 95.4 cm³/mol. The lowest BCUT2D eigenvalue weighted by molar-refractivity contribution is 0.255. The van der Waals surface area contributed by atoms with E-state index in [2.05, 4.69) is 82.9 Å². The van der Waals surface area contributed by atoms with Crippen molar-refractivity contribution in [2.24, 2.45) is 0 Å². The molecule has 0 atom stereocenters. The van der Waals surface area contributed by atoms with Crippen LogP contribution in [-0.2, 0) is 23.2 Å². The largest absolute Gasteiger partial charge is 0.354 e. The van der Waals surface area contributed by atoms with E-state index in [0.717, 1.165) is 19.8 Å². The van der Waals surface area contributed by atoms with E-state index in [1.807, 2.05) is 0 Å². The molecule has 1 aliphatic rings. The minimum absolute atomic E-state index is 0.715. The molecule has 0 radical (unpaired) electrons. The van der Waals surface area contributed by atoms with Crippen LogP contribution in [0.15, 0.2) is 73.1 Å². The number of hydrogen-bond donors (Lipinski definition) is 1. The van der Waals surface area contributed by atoms with Gasteiger partial charge in [-0.3, -0.25) is 4.55 Å². The zero-order valence-corrected chi connectivity index (χ0v) is 14.4. The fourth-order valence-electron chi connectivity index (χ4n) is 2.36. The second-order valence-electron chi connectivity index (χ2n) is 5.64. The van der Waals surface area contributed by atoms with Crippen molar-refractivity contribution in [1.82, 2.24) is 9.80 Å². The zero-order chi connectivity index (χ0) is 17.4. The first-order valence-electron chi connectivity index (χ1n) is 7.57. The van der Waals surface area contributed by atoms with Gasteiger partial charge in [-0.1, -0.05) is 60.7 Å². The van der Waals surface area contributed by atoms with Gasteiger partial charge in [-0.15, -0.1) is 0 Å². The third-order valence-corrected chi connectivity index (χ3v) is 3.31. The summed E-state index contributed by atoms with van der Waals surface area (Å²) in [6, 6.07) is 21.2. The summed E-state index contributed by atoms with van der Waals surface area (Å²) < 4.78 is 25.9. The van der Waals surface area contributed by atoms with Gasteiger partial charge in [0, 0.05) is 25.5 Å². The van der Waals surface area contributed by atoms with Gasteiger partial charge in [0.2, 0.25) is 0 Å².